The number of hydrogen-bond donors (Lipinski definition) is 0. The molecule has 1 heterocycles. The highest BCUT2D eigenvalue weighted by Crippen LogP contribution is 2.24. The summed E-state index contributed by atoms with van der Waals surface area (Å²) in [6, 6.07) is 21.9. The van der Waals surface area contributed by atoms with Crippen molar-refractivity contribution in [1.29, 1.82) is 0 Å². The lowest BCUT2D eigenvalue weighted by Gasteiger charge is -2.31. The number of rotatable bonds is 4. The molecular weight excluding hydrogens is 409 g/mol. The van der Waals surface area contributed by atoms with Crippen molar-refractivity contribution in [1.82, 2.24) is 4.90 Å². The van der Waals surface area contributed by atoms with E-state index in [1.54, 1.807) is 6.07 Å². The second kappa shape index (κ2) is 8.52. The van der Waals surface area contributed by atoms with Gasteiger partial charge in [0.2, 0.25) is 0 Å². The summed E-state index contributed by atoms with van der Waals surface area (Å²) in [7, 11) is 0. The van der Waals surface area contributed by atoms with Gasteiger partial charge in [0.15, 0.2) is 0 Å². The molecule has 0 N–H and O–H groups in total. The van der Waals surface area contributed by atoms with Gasteiger partial charge in [-0.05, 0) is 53.9 Å². The standard InChI is InChI=1S/C23H19Cl2NOS/c24-20-8-5-19(22(25)13-20)15-27-21-9-6-17(7-10-21)23(28)26-12-11-16-3-1-2-4-18(16)14-26/h1-10,13H,11-12,14-15H2. The van der Waals surface area contributed by atoms with Crippen LogP contribution in [0.4, 0.5) is 0 Å². The first-order valence-electron chi connectivity index (χ1n) is 9.13. The summed E-state index contributed by atoms with van der Waals surface area (Å²) in [6.07, 6.45) is 1.03. The van der Waals surface area contributed by atoms with Gasteiger partial charge in [0.05, 0.1) is 0 Å². The van der Waals surface area contributed by atoms with E-state index in [9.17, 15) is 0 Å². The minimum absolute atomic E-state index is 0.392. The molecule has 0 aliphatic carbocycles. The molecule has 1 aliphatic rings. The summed E-state index contributed by atoms with van der Waals surface area (Å²) >= 11 is 17.9. The molecule has 3 aromatic carbocycles. The minimum atomic E-state index is 0.392. The molecule has 0 amide bonds. The molecular formula is C23H19Cl2NOS. The van der Waals surface area contributed by atoms with Crippen LogP contribution in [0.3, 0.4) is 0 Å². The number of halogens is 2. The molecule has 0 saturated carbocycles. The molecule has 0 atom stereocenters. The van der Waals surface area contributed by atoms with Crippen LogP contribution in [0.1, 0.15) is 22.3 Å². The lowest BCUT2D eigenvalue weighted by atomic mass is 9.99. The predicted octanol–water partition coefficient (Wildman–Crippen LogP) is 6.31. The van der Waals surface area contributed by atoms with Crippen molar-refractivity contribution < 1.29 is 4.74 Å². The number of benzene rings is 3. The molecule has 28 heavy (non-hydrogen) atoms. The third-order valence-corrected chi connectivity index (χ3v) is 6.01. The molecule has 4 rings (SSSR count). The third-order valence-electron chi connectivity index (χ3n) is 4.93. The topological polar surface area (TPSA) is 12.5 Å². The van der Waals surface area contributed by atoms with E-state index in [1.807, 2.05) is 36.4 Å². The molecule has 0 radical (unpaired) electrons. The minimum Gasteiger partial charge on any atom is -0.489 e. The van der Waals surface area contributed by atoms with E-state index in [0.29, 0.717) is 16.7 Å². The highest BCUT2D eigenvalue weighted by atomic mass is 35.5. The van der Waals surface area contributed by atoms with Gasteiger partial charge in [0, 0.05) is 34.3 Å². The smallest absolute Gasteiger partial charge is 0.119 e. The van der Waals surface area contributed by atoms with Crippen LogP contribution < -0.4 is 4.74 Å². The molecule has 0 bridgehead atoms. The van der Waals surface area contributed by atoms with Gasteiger partial charge in [0.1, 0.15) is 17.3 Å². The molecule has 0 unspecified atom stereocenters. The van der Waals surface area contributed by atoms with Crippen LogP contribution in [0, 0.1) is 0 Å². The first-order valence-corrected chi connectivity index (χ1v) is 10.3. The van der Waals surface area contributed by atoms with Gasteiger partial charge in [0.25, 0.3) is 0 Å². The SMILES string of the molecule is S=C(c1ccc(OCc2ccc(Cl)cc2Cl)cc1)N1CCc2ccccc2C1. The molecule has 142 valence electrons. The van der Waals surface area contributed by atoms with Gasteiger partial charge in [-0.1, -0.05) is 65.8 Å². The third kappa shape index (κ3) is 4.33. The molecule has 5 heteroatoms. The van der Waals surface area contributed by atoms with Crippen LogP contribution in [-0.4, -0.2) is 16.4 Å². The molecule has 1 aliphatic heterocycles. The van der Waals surface area contributed by atoms with Crippen molar-refractivity contribution in [2.24, 2.45) is 0 Å². The summed E-state index contributed by atoms with van der Waals surface area (Å²) in [6.45, 7) is 2.20. The van der Waals surface area contributed by atoms with Crippen molar-refractivity contribution in [3.63, 3.8) is 0 Å². The highest BCUT2D eigenvalue weighted by molar-refractivity contribution is 7.80. The Morgan fingerprint density at radius 3 is 2.46 bits per heavy atom. The van der Waals surface area contributed by atoms with E-state index in [2.05, 4.69) is 29.2 Å². The van der Waals surface area contributed by atoms with Crippen molar-refractivity contribution in [3.05, 3.63) is 99.0 Å². The van der Waals surface area contributed by atoms with E-state index < -0.39 is 0 Å². The molecule has 0 spiro atoms. The fourth-order valence-corrected chi connectivity index (χ4v) is 4.10. The summed E-state index contributed by atoms with van der Waals surface area (Å²) in [5, 5.41) is 1.22. The quantitative estimate of drug-likeness (QED) is 0.452. The fourth-order valence-electron chi connectivity index (χ4n) is 3.35. The van der Waals surface area contributed by atoms with E-state index in [4.69, 9.17) is 40.2 Å². The number of thiocarbonyl (C=S) groups is 1. The van der Waals surface area contributed by atoms with Crippen LogP contribution >= 0.6 is 35.4 Å². The lowest BCUT2D eigenvalue weighted by molar-refractivity contribution is 0.306. The van der Waals surface area contributed by atoms with Crippen LogP contribution in [-0.2, 0) is 19.6 Å². The first-order chi connectivity index (χ1) is 13.6. The largest absolute Gasteiger partial charge is 0.489 e. The number of fused-ring (bicyclic) bond motifs is 1. The van der Waals surface area contributed by atoms with Gasteiger partial charge in [-0.3, -0.25) is 0 Å². The maximum atomic E-state index is 6.20. The Morgan fingerprint density at radius 2 is 1.71 bits per heavy atom. The van der Waals surface area contributed by atoms with Crippen molar-refractivity contribution >= 4 is 40.4 Å². The Labute approximate surface area is 180 Å². The summed E-state index contributed by atoms with van der Waals surface area (Å²) in [4.78, 5) is 3.14. The number of ether oxygens (including phenoxy) is 1. The predicted molar refractivity (Wildman–Crippen MR) is 119 cm³/mol. The summed E-state index contributed by atoms with van der Waals surface area (Å²) < 4.78 is 5.86. The molecule has 0 fully saturated rings. The van der Waals surface area contributed by atoms with E-state index in [-0.39, 0.29) is 0 Å². The number of nitrogens with zero attached hydrogens (tertiary/aromatic N) is 1. The second-order valence-electron chi connectivity index (χ2n) is 6.79. The van der Waals surface area contributed by atoms with E-state index in [0.717, 1.165) is 41.4 Å². The lowest BCUT2D eigenvalue weighted by Crippen LogP contribution is -2.35. The molecule has 2 nitrogen and oxygen atoms in total. The Hall–Kier alpha value is -2.07. The molecule has 0 aromatic heterocycles. The van der Waals surface area contributed by atoms with Gasteiger partial charge in [-0.2, -0.15) is 0 Å². The normalized spacial score (nSPS) is 13.1. The van der Waals surface area contributed by atoms with Crippen LogP contribution in [0.15, 0.2) is 66.7 Å². The summed E-state index contributed by atoms with van der Waals surface area (Å²) in [5.74, 6) is 0.779. The zero-order valence-electron chi connectivity index (χ0n) is 15.2. The Kier molecular flexibility index (Phi) is 5.86. The average molecular weight is 428 g/mol. The van der Waals surface area contributed by atoms with Crippen molar-refractivity contribution in [2.45, 2.75) is 19.6 Å². The van der Waals surface area contributed by atoms with Crippen molar-refractivity contribution in [3.8, 4) is 5.75 Å². The van der Waals surface area contributed by atoms with Gasteiger partial charge < -0.3 is 9.64 Å². The van der Waals surface area contributed by atoms with Gasteiger partial charge in [-0.25, -0.2) is 0 Å². The summed E-state index contributed by atoms with van der Waals surface area (Å²) in [5.41, 5.74) is 4.71. The zero-order chi connectivity index (χ0) is 19.5. The van der Waals surface area contributed by atoms with E-state index in [1.165, 1.54) is 11.1 Å². The monoisotopic (exact) mass is 427 g/mol. The maximum absolute atomic E-state index is 6.20. The van der Waals surface area contributed by atoms with Gasteiger partial charge in [-0.15, -0.1) is 0 Å². The average Bonchev–Trinajstić information content (AvgIpc) is 2.72. The second-order valence-corrected chi connectivity index (χ2v) is 8.02. The zero-order valence-corrected chi connectivity index (χ0v) is 17.5. The maximum Gasteiger partial charge on any atom is 0.119 e. The number of hydrogen-bond acceptors (Lipinski definition) is 2. The Morgan fingerprint density at radius 1 is 0.964 bits per heavy atom. The van der Waals surface area contributed by atoms with Crippen molar-refractivity contribution in [2.75, 3.05) is 6.54 Å². The Balaban J connectivity index is 1.40. The molecule has 3 aromatic rings. The fraction of sp³-hybridized carbons (Fsp3) is 0.174. The highest BCUT2D eigenvalue weighted by Gasteiger charge is 2.18. The van der Waals surface area contributed by atoms with Crippen LogP contribution in [0.5, 0.6) is 5.75 Å². The van der Waals surface area contributed by atoms with Crippen LogP contribution in [0.2, 0.25) is 10.0 Å². The van der Waals surface area contributed by atoms with Crippen LogP contribution in [0.25, 0.3) is 0 Å². The van der Waals surface area contributed by atoms with Gasteiger partial charge >= 0.3 is 0 Å². The van der Waals surface area contributed by atoms with E-state index >= 15 is 0 Å². The Bertz CT molecular complexity index is 1000. The molecule has 0 saturated heterocycles. The first kappa shape index (κ1) is 19.3.